The predicted molar refractivity (Wildman–Crippen MR) is 66.0 cm³/mol. The minimum Gasteiger partial charge on any atom is -0.497 e. The molecule has 1 aliphatic heterocycles. The maximum atomic E-state index is 6.53. The van der Waals surface area contributed by atoms with E-state index in [1.807, 2.05) is 24.3 Å². The first kappa shape index (κ1) is 12.0. The largest absolute Gasteiger partial charge is 0.497 e. The van der Waals surface area contributed by atoms with Gasteiger partial charge in [-0.15, -0.1) is 0 Å². The number of benzene rings is 1. The van der Waals surface area contributed by atoms with Crippen LogP contribution in [0.2, 0.25) is 0 Å². The van der Waals surface area contributed by atoms with E-state index in [-0.39, 0.29) is 0 Å². The molecule has 1 atom stereocenters. The zero-order valence-electron chi connectivity index (χ0n) is 9.04. The Labute approximate surface area is 105 Å². The van der Waals surface area contributed by atoms with E-state index in [0.29, 0.717) is 6.54 Å². The fourth-order valence-corrected chi connectivity index (χ4v) is 2.49. The molecule has 1 aromatic carbocycles. The number of methoxy groups -OCH3 is 1. The molecule has 1 N–H and O–H groups in total. The van der Waals surface area contributed by atoms with Crippen LogP contribution >= 0.6 is 23.4 Å². The topological polar surface area (TPSA) is 24.5 Å². The van der Waals surface area contributed by atoms with E-state index in [2.05, 4.69) is 5.32 Å². The van der Waals surface area contributed by atoms with Crippen molar-refractivity contribution in [3.8, 4) is 5.75 Å². The number of hydrogen-bond donors (Lipinski definition) is 1. The molecule has 16 heavy (non-hydrogen) atoms. The first-order chi connectivity index (χ1) is 7.64. The lowest BCUT2D eigenvalue weighted by Gasteiger charge is -2.36. The fourth-order valence-electron chi connectivity index (χ4n) is 1.81. The Morgan fingerprint density at radius 1 is 1.50 bits per heavy atom. The summed E-state index contributed by atoms with van der Waals surface area (Å²) in [4.78, 5) is -0.630. The maximum absolute atomic E-state index is 6.53. The Bertz CT molecular complexity index is 375. The number of rotatable bonds is 2. The van der Waals surface area contributed by atoms with Gasteiger partial charge in [0.05, 0.1) is 13.7 Å². The SMILES string of the molecule is COc1cccc(C2(Cl)CN(Cl)CCN2)c1. The summed E-state index contributed by atoms with van der Waals surface area (Å²) >= 11 is 12.5. The Balaban J connectivity index is 2.27. The summed E-state index contributed by atoms with van der Waals surface area (Å²) in [6.07, 6.45) is 0. The molecule has 1 unspecified atom stereocenters. The molecule has 0 aromatic heterocycles. The highest BCUT2D eigenvalue weighted by molar-refractivity contribution is 6.24. The minimum absolute atomic E-state index is 0.559. The van der Waals surface area contributed by atoms with Gasteiger partial charge in [-0.05, 0) is 29.5 Å². The molecule has 2 rings (SSSR count). The van der Waals surface area contributed by atoms with E-state index >= 15 is 0 Å². The van der Waals surface area contributed by atoms with Crippen LogP contribution in [-0.4, -0.2) is 31.2 Å². The van der Waals surface area contributed by atoms with Crippen LogP contribution in [0.5, 0.6) is 5.75 Å². The Morgan fingerprint density at radius 2 is 2.31 bits per heavy atom. The molecule has 1 aliphatic rings. The summed E-state index contributed by atoms with van der Waals surface area (Å²) in [5, 5.41) is 3.28. The van der Waals surface area contributed by atoms with Crippen molar-refractivity contribution in [1.82, 2.24) is 9.74 Å². The summed E-state index contributed by atoms with van der Waals surface area (Å²) < 4.78 is 6.88. The summed E-state index contributed by atoms with van der Waals surface area (Å²) in [5.74, 6) is 0.797. The average Bonchev–Trinajstić information content (AvgIpc) is 2.29. The number of alkyl halides is 1. The van der Waals surface area contributed by atoms with Crippen LogP contribution in [0.15, 0.2) is 24.3 Å². The van der Waals surface area contributed by atoms with Crippen molar-refractivity contribution in [2.45, 2.75) is 5.00 Å². The Morgan fingerprint density at radius 3 is 3.00 bits per heavy atom. The lowest BCUT2D eigenvalue weighted by Crippen LogP contribution is -2.52. The van der Waals surface area contributed by atoms with Gasteiger partial charge in [-0.25, -0.2) is 4.42 Å². The molecular formula is C11H14Cl2N2O. The third kappa shape index (κ3) is 2.43. The van der Waals surface area contributed by atoms with Crippen LogP contribution < -0.4 is 10.1 Å². The molecular weight excluding hydrogens is 247 g/mol. The van der Waals surface area contributed by atoms with Gasteiger partial charge < -0.3 is 4.74 Å². The second-order valence-electron chi connectivity index (χ2n) is 3.80. The van der Waals surface area contributed by atoms with E-state index in [1.54, 1.807) is 11.5 Å². The van der Waals surface area contributed by atoms with E-state index in [1.165, 1.54) is 0 Å². The van der Waals surface area contributed by atoms with E-state index < -0.39 is 5.00 Å². The Hall–Kier alpha value is -0.480. The van der Waals surface area contributed by atoms with Gasteiger partial charge in [-0.3, -0.25) is 5.32 Å². The Kier molecular flexibility index (Phi) is 3.60. The van der Waals surface area contributed by atoms with E-state index in [4.69, 9.17) is 28.1 Å². The quantitative estimate of drug-likeness (QED) is 0.501. The highest BCUT2D eigenvalue weighted by atomic mass is 35.5. The number of piperazine rings is 1. The molecule has 5 heteroatoms. The van der Waals surface area contributed by atoms with Crippen molar-refractivity contribution in [3.05, 3.63) is 29.8 Å². The third-order valence-electron chi connectivity index (χ3n) is 2.68. The first-order valence-electron chi connectivity index (χ1n) is 5.13. The summed E-state index contributed by atoms with van der Waals surface area (Å²) in [6.45, 7) is 2.12. The van der Waals surface area contributed by atoms with Crippen LogP contribution in [0, 0.1) is 0 Å². The number of hydrogen-bond acceptors (Lipinski definition) is 3. The number of ether oxygens (including phenoxy) is 1. The zero-order chi connectivity index (χ0) is 11.6. The van der Waals surface area contributed by atoms with Crippen LogP contribution in [0.3, 0.4) is 0 Å². The molecule has 0 radical (unpaired) electrons. The fraction of sp³-hybridized carbons (Fsp3) is 0.455. The summed E-state index contributed by atoms with van der Waals surface area (Å²) in [6, 6.07) is 7.72. The molecule has 1 fully saturated rings. The highest BCUT2D eigenvalue weighted by Crippen LogP contribution is 2.31. The lowest BCUT2D eigenvalue weighted by molar-refractivity contribution is 0.281. The van der Waals surface area contributed by atoms with Gasteiger partial charge in [0.2, 0.25) is 0 Å². The lowest BCUT2D eigenvalue weighted by atomic mass is 10.0. The zero-order valence-corrected chi connectivity index (χ0v) is 10.6. The number of nitrogens with one attached hydrogen (secondary N) is 1. The van der Waals surface area contributed by atoms with Crippen molar-refractivity contribution in [3.63, 3.8) is 0 Å². The molecule has 0 saturated carbocycles. The van der Waals surface area contributed by atoms with Crippen molar-refractivity contribution in [1.29, 1.82) is 0 Å². The van der Waals surface area contributed by atoms with Crippen LogP contribution in [0.25, 0.3) is 0 Å². The molecule has 0 aliphatic carbocycles. The smallest absolute Gasteiger partial charge is 0.133 e. The van der Waals surface area contributed by atoms with E-state index in [9.17, 15) is 0 Å². The van der Waals surface area contributed by atoms with Crippen LogP contribution in [0.1, 0.15) is 5.56 Å². The van der Waals surface area contributed by atoms with Crippen LogP contribution in [0.4, 0.5) is 0 Å². The molecule has 1 saturated heterocycles. The third-order valence-corrected chi connectivity index (χ3v) is 3.44. The highest BCUT2D eigenvalue weighted by Gasteiger charge is 2.34. The van der Waals surface area contributed by atoms with Crippen molar-refractivity contribution in [2.75, 3.05) is 26.7 Å². The average molecular weight is 261 g/mol. The normalized spacial score (nSPS) is 26.7. The van der Waals surface area contributed by atoms with Gasteiger partial charge in [0, 0.05) is 13.1 Å². The van der Waals surface area contributed by atoms with E-state index in [0.717, 1.165) is 24.4 Å². The van der Waals surface area contributed by atoms with Crippen molar-refractivity contribution >= 4 is 23.4 Å². The first-order valence-corrected chi connectivity index (χ1v) is 5.85. The number of nitrogens with zero attached hydrogens (tertiary/aromatic N) is 1. The molecule has 88 valence electrons. The van der Waals surface area contributed by atoms with Crippen molar-refractivity contribution in [2.24, 2.45) is 0 Å². The van der Waals surface area contributed by atoms with Crippen molar-refractivity contribution < 1.29 is 4.74 Å². The van der Waals surface area contributed by atoms with Gasteiger partial charge in [-0.2, -0.15) is 0 Å². The summed E-state index contributed by atoms with van der Waals surface area (Å²) in [5.41, 5.74) is 0.971. The molecule has 0 amide bonds. The molecule has 0 bridgehead atoms. The monoisotopic (exact) mass is 260 g/mol. The predicted octanol–water partition coefficient (Wildman–Crippen LogP) is 2.15. The second kappa shape index (κ2) is 4.80. The molecule has 3 nitrogen and oxygen atoms in total. The molecule has 0 spiro atoms. The second-order valence-corrected chi connectivity index (χ2v) is 4.93. The maximum Gasteiger partial charge on any atom is 0.133 e. The molecule has 1 heterocycles. The molecule has 1 aromatic rings. The van der Waals surface area contributed by atoms with Gasteiger partial charge in [0.1, 0.15) is 10.7 Å². The summed E-state index contributed by atoms with van der Waals surface area (Å²) in [7, 11) is 1.64. The van der Waals surface area contributed by atoms with Gasteiger partial charge in [0.25, 0.3) is 0 Å². The number of halogens is 2. The van der Waals surface area contributed by atoms with Gasteiger partial charge >= 0.3 is 0 Å². The standard InChI is InChI=1S/C11H14Cl2N2O/c1-16-10-4-2-3-9(7-10)11(12)8-15(13)6-5-14-11/h2-4,7,14H,5-6,8H2,1H3. The van der Waals surface area contributed by atoms with Crippen LogP contribution in [-0.2, 0) is 5.00 Å². The van der Waals surface area contributed by atoms with Gasteiger partial charge in [-0.1, -0.05) is 23.7 Å². The van der Waals surface area contributed by atoms with Gasteiger partial charge in [0.15, 0.2) is 0 Å². The minimum atomic E-state index is -0.630.